The van der Waals surface area contributed by atoms with E-state index in [2.05, 4.69) is 43.3 Å². The predicted octanol–water partition coefficient (Wildman–Crippen LogP) is 3.89. The van der Waals surface area contributed by atoms with Crippen molar-refractivity contribution >= 4 is 0 Å². The number of fused-ring (bicyclic) bond motifs is 1. The van der Waals surface area contributed by atoms with Gasteiger partial charge in [-0.05, 0) is 54.0 Å². The molecule has 2 heteroatoms. The maximum Gasteiger partial charge on any atom is 0.119 e. The lowest BCUT2D eigenvalue weighted by Crippen LogP contribution is -2.21. The van der Waals surface area contributed by atoms with Crippen LogP contribution in [0.3, 0.4) is 0 Å². The third-order valence-corrected chi connectivity index (χ3v) is 4.33. The van der Waals surface area contributed by atoms with Crippen molar-refractivity contribution < 1.29 is 4.74 Å². The van der Waals surface area contributed by atoms with Gasteiger partial charge in [0.2, 0.25) is 0 Å². The molecule has 0 fully saturated rings. The van der Waals surface area contributed by atoms with Gasteiger partial charge in [-0.25, -0.2) is 0 Å². The molecule has 2 nitrogen and oxygen atoms in total. The van der Waals surface area contributed by atoms with Crippen molar-refractivity contribution in [3.8, 4) is 5.75 Å². The van der Waals surface area contributed by atoms with Crippen molar-refractivity contribution in [2.75, 3.05) is 6.61 Å². The molecule has 0 heterocycles. The van der Waals surface area contributed by atoms with Gasteiger partial charge in [-0.2, -0.15) is 0 Å². The summed E-state index contributed by atoms with van der Waals surface area (Å²) in [5, 5.41) is 0. The summed E-state index contributed by atoms with van der Waals surface area (Å²) in [7, 11) is 0. The molecule has 0 amide bonds. The number of hydrogen-bond acceptors (Lipinski definition) is 2. The van der Waals surface area contributed by atoms with Crippen LogP contribution in [0, 0.1) is 5.92 Å². The molecule has 1 unspecified atom stereocenters. The van der Waals surface area contributed by atoms with Crippen LogP contribution in [0.4, 0.5) is 0 Å². The molecule has 2 aromatic carbocycles. The summed E-state index contributed by atoms with van der Waals surface area (Å²) in [6.45, 7) is 2.88. The Morgan fingerprint density at radius 2 is 1.67 bits per heavy atom. The molecule has 2 N–H and O–H groups in total. The van der Waals surface area contributed by atoms with Crippen molar-refractivity contribution in [1.82, 2.24) is 0 Å². The second kappa shape index (κ2) is 6.31. The van der Waals surface area contributed by atoms with E-state index in [0.717, 1.165) is 31.6 Å². The molecule has 0 aliphatic heterocycles. The van der Waals surface area contributed by atoms with Crippen LogP contribution in [0.2, 0.25) is 0 Å². The molecule has 2 aromatic rings. The lowest BCUT2D eigenvalue weighted by Gasteiger charge is -2.19. The first-order chi connectivity index (χ1) is 10.3. The Morgan fingerprint density at radius 3 is 2.24 bits per heavy atom. The highest BCUT2D eigenvalue weighted by molar-refractivity contribution is 5.35. The van der Waals surface area contributed by atoms with Gasteiger partial charge >= 0.3 is 0 Å². The summed E-state index contributed by atoms with van der Waals surface area (Å²) in [5.74, 6) is 1.44. The van der Waals surface area contributed by atoms with Crippen LogP contribution >= 0.6 is 0 Å². The minimum absolute atomic E-state index is 0.0950. The summed E-state index contributed by atoms with van der Waals surface area (Å²) >= 11 is 0. The minimum atomic E-state index is 0.0950. The zero-order valence-corrected chi connectivity index (χ0v) is 12.6. The van der Waals surface area contributed by atoms with E-state index in [1.54, 1.807) is 0 Å². The Hall–Kier alpha value is -1.80. The number of rotatable bonds is 5. The van der Waals surface area contributed by atoms with Gasteiger partial charge in [-0.15, -0.1) is 0 Å². The standard InChI is InChI=1S/C19H23NO/c1-2-11-21-18-9-7-14(8-10-18)19(20)17-12-15-5-3-4-6-16(15)13-17/h3-10,17,19H,2,11-13,20H2,1H3. The second-order valence-corrected chi connectivity index (χ2v) is 5.88. The maximum absolute atomic E-state index is 6.49. The topological polar surface area (TPSA) is 35.2 Å². The van der Waals surface area contributed by atoms with Crippen LogP contribution in [-0.4, -0.2) is 6.61 Å². The van der Waals surface area contributed by atoms with Crippen LogP contribution < -0.4 is 10.5 Å². The van der Waals surface area contributed by atoms with Crippen LogP contribution in [0.15, 0.2) is 48.5 Å². The van der Waals surface area contributed by atoms with E-state index in [-0.39, 0.29) is 6.04 Å². The molecule has 0 spiro atoms. The molecule has 0 saturated heterocycles. The molecule has 1 aliphatic carbocycles. The molecule has 1 atom stereocenters. The highest BCUT2D eigenvalue weighted by atomic mass is 16.5. The van der Waals surface area contributed by atoms with Gasteiger partial charge in [-0.3, -0.25) is 0 Å². The fourth-order valence-electron chi connectivity index (χ4n) is 3.13. The third kappa shape index (κ3) is 3.11. The molecule has 0 bridgehead atoms. The van der Waals surface area contributed by atoms with E-state index in [0.29, 0.717) is 5.92 Å². The molecule has 21 heavy (non-hydrogen) atoms. The average molecular weight is 281 g/mol. The first-order valence-electron chi connectivity index (χ1n) is 7.83. The van der Waals surface area contributed by atoms with Crippen molar-refractivity contribution in [2.45, 2.75) is 32.2 Å². The monoisotopic (exact) mass is 281 g/mol. The van der Waals surface area contributed by atoms with E-state index in [4.69, 9.17) is 10.5 Å². The first kappa shape index (κ1) is 14.2. The van der Waals surface area contributed by atoms with Gasteiger partial charge in [0, 0.05) is 6.04 Å². The number of hydrogen-bond donors (Lipinski definition) is 1. The Balaban J connectivity index is 1.67. The van der Waals surface area contributed by atoms with E-state index in [9.17, 15) is 0 Å². The SMILES string of the molecule is CCCOc1ccc(C(N)C2Cc3ccccc3C2)cc1. The Labute approximate surface area is 126 Å². The van der Waals surface area contributed by atoms with Crippen molar-refractivity contribution in [3.63, 3.8) is 0 Å². The van der Waals surface area contributed by atoms with E-state index >= 15 is 0 Å². The third-order valence-electron chi connectivity index (χ3n) is 4.33. The minimum Gasteiger partial charge on any atom is -0.494 e. The van der Waals surface area contributed by atoms with Gasteiger partial charge in [0.05, 0.1) is 6.61 Å². The molecule has 3 rings (SSSR count). The fourth-order valence-corrected chi connectivity index (χ4v) is 3.13. The zero-order chi connectivity index (χ0) is 14.7. The predicted molar refractivity (Wildman–Crippen MR) is 86.5 cm³/mol. The summed E-state index contributed by atoms with van der Waals surface area (Å²) in [5.41, 5.74) is 10.6. The van der Waals surface area contributed by atoms with Crippen LogP contribution in [0.5, 0.6) is 5.75 Å². The van der Waals surface area contributed by atoms with Crippen molar-refractivity contribution in [1.29, 1.82) is 0 Å². The molecule has 1 aliphatic rings. The van der Waals surface area contributed by atoms with E-state index in [1.807, 2.05) is 12.1 Å². The summed E-state index contributed by atoms with van der Waals surface area (Å²) in [6, 6.07) is 17.1. The molecular weight excluding hydrogens is 258 g/mol. The lowest BCUT2D eigenvalue weighted by molar-refractivity contribution is 0.317. The Bertz CT molecular complexity index is 566. The molecule has 0 saturated carbocycles. The van der Waals surface area contributed by atoms with Crippen molar-refractivity contribution in [3.05, 3.63) is 65.2 Å². The fraction of sp³-hybridized carbons (Fsp3) is 0.368. The Morgan fingerprint density at radius 1 is 1.05 bits per heavy atom. The number of nitrogens with two attached hydrogens (primary N) is 1. The summed E-state index contributed by atoms with van der Waals surface area (Å²) in [4.78, 5) is 0. The average Bonchev–Trinajstić information content (AvgIpc) is 2.96. The normalized spacial score (nSPS) is 15.7. The van der Waals surface area contributed by atoms with Crippen LogP contribution in [0.1, 0.15) is 36.1 Å². The van der Waals surface area contributed by atoms with E-state index < -0.39 is 0 Å². The smallest absolute Gasteiger partial charge is 0.119 e. The van der Waals surface area contributed by atoms with Gasteiger partial charge in [0.15, 0.2) is 0 Å². The van der Waals surface area contributed by atoms with Crippen LogP contribution in [0.25, 0.3) is 0 Å². The van der Waals surface area contributed by atoms with Gasteiger partial charge in [0.25, 0.3) is 0 Å². The summed E-state index contributed by atoms with van der Waals surface area (Å²) in [6.07, 6.45) is 3.21. The highest BCUT2D eigenvalue weighted by Gasteiger charge is 2.27. The van der Waals surface area contributed by atoms with Crippen molar-refractivity contribution in [2.24, 2.45) is 11.7 Å². The lowest BCUT2D eigenvalue weighted by atomic mass is 9.91. The first-order valence-corrected chi connectivity index (χ1v) is 7.83. The molecule has 0 radical (unpaired) electrons. The van der Waals surface area contributed by atoms with Gasteiger partial charge < -0.3 is 10.5 Å². The number of benzene rings is 2. The molecule has 0 aromatic heterocycles. The Kier molecular flexibility index (Phi) is 4.26. The second-order valence-electron chi connectivity index (χ2n) is 5.88. The quantitative estimate of drug-likeness (QED) is 0.902. The van der Waals surface area contributed by atoms with Gasteiger partial charge in [0.1, 0.15) is 5.75 Å². The highest BCUT2D eigenvalue weighted by Crippen LogP contribution is 2.34. The molecule has 110 valence electrons. The molecular formula is C19H23NO. The van der Waals surface area contributed by atoms with E-state index in [1.165, 1.54) is 16.7 Å². The number of ether oxygens (including phenoxy) is 1. The van der Waals surface area contributed by atoms with Gasteiger partial charge in [-0.1, -0.05) is 43.3 Å². The largest absolute Gasteiger partial charge is 0.494 e. The summed E-state index contributed by atoms with van der Waals surface area (Å²) < 4.78 is 5.63. The maximum atomic E-state index is 6.49. The van der Waals surface area contributed by atoms with Crippen LogP contribution in [-0.2, 0) is 12.8 Å². The zero-order valence-electron chi connectivity index (χ0n) is 12.6.